The van der Waals surface area contributed by atoms with Gasteiger partial charge in [0.25, 0.3) is 0 Å². The second-order valence-electron chi connectivity index (χ2n) is 3.70. The maximum Gasteiger partial charge on any atom is 0.211 e. The SMILES string of the molecule is CC(CCl)CS(=O)(=O)NCC(C)S(C)=O. The van der Waals surface area contributed by atoms with Crippen LogP contribution in [0.3, 0.4) is 0 Å². The zero-order valence-electron chi connectivity index (χ0n) is 9.20. The van der Waals surface area contributed by atoms with Gasteiger partial charge in [-0.15, -0.1) is 11.6 Å². The number of rotatable bonds is 7. The lowest BCUT2D eigenvalue weighted by atomic mass is 10.3. The molecule has 3 unspecified atom stereocenters. The van der Waals surface area contributed by atoms with Crippen LogP contribution in [0.15, 0.2) is 0 Å². The Labute approximate surface area is 99.3 Å². The van der Waals surface area contributed by atoms with E-state index in [-0.39, 0.29) is 23.5 Å². The van der Waals surface area contributed by atoms with E-state index in [0.717, 1.165) is 0 Å². The summed E-state index contributed by atoms with van der Waals surface area (Å²) in [5.74, 6) is 0.252. The van der Waals surface area contributed by atoms with Gasteiger partial charge in [-0.2, -0.15) is 0 Å². The third-order valence-corrected chi connectivity index (χ3v) is 5.37. The molecule has 0 aliphatic rings. The van der Waals surface area contributed by atoms with E-state index in [1.807, 2.05) is 0 Å². The second-order valence-corrected chi connectivity index (χ2v) is 7.66. The molecule has 3 atom stereocenters. The van der Waals surface area contributed by atoms with Crippen LogP contribution in [0.2, 0.25) is 0 Å². The number of nitrogens with one attached hydrogen (secondary N) is 1. The first kappa shape index (κ1) is 15.3. The fraction of sp³-hybridized carbons (Fsp3) is 1.00. The molecule has 4 nitrogen and oxygen atoms in total. The van der Waals surface area contributed by atoms with Gasteiger partial charge in [0.15, 0.2) is 0 Å². The Bertz CT molecular complexity index is 305. The summed E-state index contributed by atoms with van der Waals surface area (Å²) in [6.07, 6.45) is 1.56. The van der Waals surface area contributed by atoms with Gasteiger partial charge in [-0.05, 0) is 12.8 Å². The number of halogens is 1. The molecule has 0 aliphatic carbocycles. The number of sulfonamides is 1. The zero-order valence-corrected chi connectivity index (χ0v) is 11.6. The van der Waals surface area contributed by atoms with Crippen LogP contribution >= 0.6 is 11.6 Å². The van der Waals surface area contributed by atoms with Gasteiger partial charge >= 0.3 is 0 Å². The highest BCUT2D eigenvalue weighted by Gasteiger charge is 2.16. The minimum absolute atomic E-state index is 0.0135. The molecule has 0 heterocycles. The summed E-state index contributed by atoms with van der Waals surface area (Å²) in [5, 5.41) is -0.175. The summed E-state index contributed by atoms with van der Waals surface area (Å²) < 4.78 is 36.3. The molecule has 0 radical (unpaired) electrons. The molecule has 0 saturated carbocycles. The van der Waals surface area contributed by atoms with Crippen molar-refractivity contribution >= 4 is 32.4 Å². The van der Waals surface area contributed by atoms with Crippen molar-refractivity contribution in [3.63, 3.8) is 0 Å². The summed E-state index contributed by atoms with van der Waals surface area (Å²) in [4.78, 5) is 0. The first-order chi connectivity index (χ1) is 6.78. The Morgan fingerprint density at radius 1 is 1.40 bits per heavy atom. The summed E-state index contributed by atoms with van der Waals surface area (Å²) in [7, 11) is -4.30. The molecular formula is C8H18ClNO3S2. The molecule has 0 aromatic rings. The number of alkyl halides is 1. The predicted octanol–water partition coefficient (Wildman–Crippen LogP) is 0.548. The van der Waals surface area contributed by atoms with E-state index in [4.69, 9.17) is 11.6 Å². The van der Waals surface area contributed by atoms with Gasteiger partial charge < -0.3 is 0 Å². The zero-order chi connectivity index (χ0) is 12.1. The van der Waals surface area contributed by atoms with Crippen molar-refractivity contribution in [1.82, 2.24) is 4.72 Å². The average molecular weight is 276 g/mol. The fourth-order valence-corrected chi connectivity index (χ4v) is 2.99. The molecule has 0 aliphatic heterocycles. The number of hydrogen-bond acceptors (Lipinski definition) is 3. The monoisotopic (exact) mass is 275 g/mol. The van der Waals surface area contributed by atoms with Crippen LogP contribution in [0.5, 0.6) is 0 Å². The molecule has 0 saturated heterocycles. The Kier molecular flexibility index (Phi) is 6.99. The van der Waals surface area contributed by atoms with Gasteiger partial charge in [0.05, 0.1) is 5.75 Å². The highest BCUT2D eigenvalue weighted by molar-refractivity contribution is 7.89. The lowest BCUT2D eigenvalue weighted by molar-refractivity contribution is 0.568. The molecule has 0 spiro atoms. The molecule has 0 aromatic heterocycles. The fourth-order valence-electron chi connectivity index (χ4n) is 0.840. The second kappa shape index (κ2) is 6.83. The Morgan fingerprint density at radius 2 is 1.93 bits per heavy atom. The molecule has 0 amide bonds. The van der Waals surface area contributed by atoms with Gasteiger partial charge in [0.2, 0.25) is 10.0 Å². The minimum Gasteiger partial charge on any atom is -0.260 e. The van der Waals surface area contributed by atoms with E-state index in [1.54, 1.807) is 20.1 Å². The average Bonchev–Trinajstić information content (AvgIpc) is 2.13. The smallest absolute Gasteiger partial charge is 0.211 e. The first-order valence-electron chi connectivity index (χ1n) is 4.64. The van der Waals surface area contributed by atoms with Gasteiger partial charge in [-0.1, -0.05) is 6.92 Å². The Morgan fingerprint density at radius 3 is 2.33 bits per heavy atom. The maximum atomic E-state index is 11.5. The predicted molar refractivity (Wildman–Crippen MR) is 65.2 cm³/mol. The van der Waals surface area contributed by atoms with Crippen LogP contribution in [0.4, 0.5) is 0 Å². The van der Waals surface area contributed by atoms with Gasteiger partial charge in [-0.25, -0.2) is 13.1 Å². The standard InChI is InChI=1S/C8H18ClNO3S2/c1-7(4-9)6-15(12,13)10-5-8(2)14(3)11/h7-8,10H,4-6H2,1-3H3. The van der Waals surface area contributed by atoms with Crippen LogP contribution in [-0.2, 0) is 20.8 Å². The summed E-state index contributed by atoms with van der Waals surface area (Å²) >= 11 is 5.53. The van der Waals surface area contributed by atoms with E-state index in [0.29, 0.717) is 5.88 Å². The highest BCUT2D eigenvalue weighted by Crippen LogP contribution is 2.02. The summed E-state index contributed by atoms with van der Waals surface area (Å²) in [6, 6.07) is 0. The molecule has 0 aromatic carbocycles. The molecule has 1 N–H and O–H groups in total. The van der Waals surface area contributed by atoms with Crippen molar-refractivity contribution < 1.29 is 12.6 Å². The first-order valence-corrected chi connectivity index (χ1v) is 8.45. The van der Waals surface area contributed by atoms with Crippen molar-refractivity contribution in [1.29, 1.82) is 0 Å². The van der Waals surface area contributed by atoms with Crippen LogP contribution in [-0.4, -0.2) is 42.3 Å². The normalized spacial score (nSPS) is 18.4. The topological polar surface area (TPSA) is 63.2 Å². The lowest BCUT2D eigenvalue weighted by Crippen LogP contribution is -2.35. The van der Waals surface area contributed by atoms with Crippen molar-refractivity contribution in [3.05, 3.63) is 0 Å². The number of hydrogen-bond donors (Lipinski definition) is 1. The highest BCUT2D eigenvalue weighted by atomic mass is 35.5. The van der Waals surface area contributed by atoms with E-state index in [2.05, 4.69) is 4.72 Å². The quantitative estimate of drug-likeness (QED) is 0.690. The largest absolute Gasteiger partial charge is 0.260 e. The third-order valence-electron chi connectivity index (χ3n) is 1.92. The van der Waals surface area contributed by atoms with Gasteiger partial charge in [-0.3, -0.25) is 4.21 Å². The molecule has 0 rings (SSSR count). The van der Waals surface area contributed by atoms with Crippen molar-refractivity contribution in [3.8, 4) is 0 Å². The molecule has 7 heteroatoms. The van der Waals surface area contributed by atoms with Crippen molar-refractivity contribution in [2.24, 2.45) is 5.92 Å². The van der Waals surface area contributed by atoms with Gasteiger partial charge in [0, 0.05) is 34.7 Å². The molecule has 0 bridgehead atoms. The van der Waals surface area contributed by atoms with E-state index >= 15 is 0 Å². The summed E-state index contributed by atoms with van der Waals surface area (Å²) in [6.45, 7) is 3.72. The van der Waals surface area contributed by atoms with E-state index in [1.165, 1.54) is 0 Å². The van der Waals surface area contributed by atoms with Crippen molar-refractivity contribution in [2.45, 2.75) is 19.1 Å². The molecule has 0 fully saturated rings. The minimum atomic E-state index is -3.29. The van der Waals surface area contributed by atoms with E-state index in [9.17, 15) is 12.6 Å². The Hall–Kier alpha value is 0.350. The van der Waals surface area contributed by atoms with Gasteiger partial charge in [0.1, 0.15) is 0 Å². The van der Waals surface area contributed by atoms with E-state index < -0.39 is 20.8 Å². The molecule has 15 heavy (non-hydrogen) atoms. The van der Waals surface area contributed by atoms with Crippen LogP contribution in [0, 0.1) is 5.92 Å². The molecule has 92 valence electrons. The maximum absolute atomic E-state index is 11.5. The van der Waals surface area contributed by atoms with Crippen LogP contribution in [0.1, 0.15) is 13.8 Å². The third kappa shape index (κ3) is 7.27. The van der Waals surface area contributed by atoms with Crippen molar-refractivity contribution in [2.75, 3.05) is 24.4 Å². The van der Waals surface area contributed by atoms with Crippen LogP contribution < -0.4 is 4.72 Å². The lowest BCUT2D eigenvalue weighted by Gasteiger charge is -2.12. The Balaban J connectivity index is 4.11. The van der Waals surface area contributed by atoms with Crippen LogP contribution in [0.25, 0.3) is 0 Å². The molecular weight excluding hydrogens is 258 g/mol. The summed E-state index contributed by atoms with van der Waals surface area (Å²) in [5.41, 5.74) is 0.